The fourth-order valence-corrected chi connectivity index (χ4v) is 2.79. The topological polar surface area (TPSA) is 32.8 Å². The lowest BCUT2D eigenvalue weighted by molar-refractivity contribution is -0.135. The zero-order valence-corrected chi connectivity index (χ0v) is 13.7. The second kappa shape index (κ2) is 8.41. The second-order valence-corrected chi connectivity index (χ2v) is 6.21. The van der Waals surface area contributed by atoms with Crippen molar-refractivity contribution in [2.24, 2.45) is 0 Å². The summed E-state index contributed by atoms with van der Waals surface area (Å²) in [6, 6.07) is 8.61. The van der Waals surface area contributed by atoms with Crippen LogP contribution in [0.4, 0.5) is 0 Å². The van der Waals surface area contributed by atoms with Gasteiger partial charge in [0.05, 0.1) is 13.2 Å². The number of carbonyl (C=O) groups is 1. The van der Waals surface area contributed by atoms with E-state index < -0.39 is 0 Å². The van der Waals surface area contributed by atoms with Crippen molar-refractivity contribution in [2.45, 2.75) is 17.9 Å². The summed E-state index contributed by atoms with van der Waals surface area (Å²) in [7, 11) is 2.06. The van der Waals surface area contributed by atoms with Crippen molar-refractivity contribution >= 4 is 17.7 Å². The predicted octanol–water partition coefficient (Wildman–Crippen LogP) is 2.09. The fourth-order valence-electron chi connectivity index (χ4n) is 2.38. The first-order valence-corrected chi connectivity index (χ1v) is 8.58. The third-order valence-electron chi connectivity index (χ3n) is 3.68. The van der Waals surface area contributed by atoms with Crippen LogP contribution < -0.4 is 0 Å². The molecule has 1 fully saturated rings. The van der Waals surface area contributed by atoms with Gasteiger partial charge in [-0.1, -0.05) is 12.1 Å². The third kappa shape index (κ3) is 5.34. The Hall–Kier alpha value is -1.04. The fraction of sp³-hybridized carbons (Fsp3) is 0.562. The Balaban J connectivity index is 1.73. The summed E-state index contributed by atoms with van der Waals surface area (Å²) < 4.78 is 5.27. The van der Waals surface area contributed by atoms with Gasteiger partial charge in [0.2, 0.25) is 5.91 Å². The molecular weight excluding hydrogens is 284 g/mol. The maximum atomic E-state index is 12.1. The van der Waals surface area contributed by atoms with Crippen molar-refractivity contribution in [3.05, 3.63) is 29.8 Å². The molecule has 5 heteroatoms. The van der Waals surface area contributed by atoms with Crippen LogP contribution >= 0.6 is 11.8 Å². The van der Waals surface area contributed by atoms with E-state index in [1.807, 2.05) is 4.90 Å². The number of nitrogens with zero attached hydrogens (tertiary/aromatic N) is 2. The zero-order valence-electron chi connectivity index (χ0n) is 12.9. The second-order valence-electron chi connectivity index (χ2n) is 5.33. The Morgan fingerprint density at radius 2 is 1.95 bits per heavy atom. The highest BCUT2D eigenvalue weighted by Crippen LogP contribution is 2.15. The van der Waals surface area contributed by atoms with Crippen LogP contribution in [0, 0.1) is 0 Å². The van der Waals surface area contributed by atoms with E-state index in [-0.39, 0.29) is 5.91 Å². The number of amides is 1. The maximum absolute atomic E-state index is 12.1. The van der Waals surface area contributed by atoms with Crippen LogP contribution in [-0.2, 0) is 16.1 Å². The zero-order chi connectivity index (χ0) is 15.1. The summed E-state index contributed by atoms with van der Waals surface area (Å²) >= 11 is 1.75. The Labute approximate surface area is 131 Å². The van der Waals surface area contributed by atoms with Gasteiger partial charge in [-0.2, -0.15) is 0 Å². The molecule has 0 spiro atoms. The van der Waals surface area contributed by atoms with Crippen LogP contribution in [0.2, 0.25) is 0 Å². The summed E-state index contributed by atoms with van der Waals surface area (Å²) in [6.45, 7) is 4.48. The third-order valence-corrected chi connectivity index (χ3v) is 4.43. The van der Waals surface area contributed by atoms with E-state index in [0.717, 1.165) is 26.2 Å². The Morgan fingerprint density at radius 3 is 2.57 bits per heavy atom. The molecule has 1 saturated heterocycles. The molecule has 2 rings (SSSR count). The molecule has 0 bridgehead atoms. The molecule has 4 nitrogen and oxygen atoms in total. The average molecular weight is 308 g/mol. The normalized spacial score (nSPS) is 15.5. The molecule has 0 aromatic heterocycles. The van der Waals surface area contributed by atoms with Crippen molar-refractivity contribution in [1.82, 2.24) is 9.80 Å². The first-order valence-electron chi connectivity index (χ1n) is 7.36. The van der Waals surface area contributed by atoms with Crippen molar-refractivity contribution in [2.75, 3.05) is 46.2 Å². The van der Waals surface area contributed by atoms with E-state index in [4.69, 9.17) is 4.74 Å². The van der Waals surface area contributed by atoms with Gasteiger partial charge in [-0.05, 0) is 31.0 Å². The van der Waals surface area contributed by atoms with Gasteiger partial charge in [-0.25, -0.2) is 0 Å². The van der Waals surface area contributed by atoms with Crippen molar-refractivity contribution < 1.29 is 9.53 Å². The SMILES string of the molecule is CSc1ccc(CN(C)CCC(=O)N2CCOCC2)cc1. The highest BCUT2D eigenvalue weighted by molar-refractivity contribution is 7.98. The average Bonchev–Trinajstić information content (AvgIpc) is 2.54. The molecule has 0 radical (unpaired) electrons. The largest absolute Gasteiger partial charge is 0.378 e. The predicted molar refractivity (Wildman–Crippen MR) is 86.6 cm³/mol. The highest BCUT2D eigenvalue weighted by Gasteiger charge is 2.16. The van der Waals surface area contributed by atoms with Crippen molar-refractivity contribution in [3.8, 4) is 0 Å². The summed E-state index contributed by atoms with van der Waals surface area (Å²) in [5.41, 5.74) is 1.29. The van der Waals surface area contributed by atoms with E-state index in [9.17, 15) is 4.79 Å². The minimum atomic E-state index is 0.239. The van der Waals surface area contributed by atoms with E-state index in [0.29, 0.717) is 19.6 Å². The Kier molecular flexibility index (Phi) is 6.54. The number of rotatable bonds is 6. The summed E-state index contributed by atoms with van der Waals surface area (Å²) in [6.07, 6.45) is 2.66. The van der Waals surface area contributed by atoms with Gasteiger partial charge >= 0.3 is 0 Å². The smallest absolute Gasteiger partial charge is 0.224 e. The van der Waals surface area contributed by atoms with Gasteiger partial charge in [-0.15, -0.1) is 11.8 Å². The van der Waals surface area contributed by atoms with Gasteiger partial charge in [-0.3, -0.25) is 4.79 Å². The van der Waals surface area contributed by atoms with Crippen LogP contribution in [0.15, 0.2) is 29.2 Å². The van der Waals surface area contributed by atoms with Gasteiger partial charge in [0, 0.05) is 37.5 Å². The molecule has 0 N–H and O–H groups in total. The summed E-state index contributed by atoms with van der Waals surface area (Å²) in [5, 5.41) is 0. The molecule has 1 aromatic carbocycles. The minimum absolute atomic E-state index is 0.239. The number of morpholine rings is 1. The molecule has 1 aliphatic rings. The standard InChI is InChI=1S/C16H24N2O2S/c1-17(13-14-3-5-15(21-2)6-4-14)8-7-16(19)18-9-11-20-12-10-18/h3-6H,7-13H2,1-2H3. The van der Waals surface area contributed by atoms with Crippen LogP contribution in [-0.4, -0.2) is 61.9 Å². The Morgan fingerprint density at radius 1 is 1.29 bits per heavy atom. The van der Waals surface area contributed by atoms with E-state index in [2.05, 4.69) is 42.5 Å². The minimum Gasteiger partial charge on any atom is -0.378 e. The molecule has 0 saturated carbocycles. The van der Waals surface area contributed by atoms with E-state index in [1.54, 1.807) is 11.8 Å². The molecule has 21 heavy (non-hydrogen) atoms. The molecule has 1 amide bonds. The van der Waals surface area contributed by atoms with Gasteiger partial charge in [0.25, 0.3) is 0 Å². The van der Waals surface area contributed by atoms with Crippen LogP contribution in [0.1, 0.15) is 12.0 Å². The van der Waals surface area contributed by atoms with Crippen LogP contribution in [0.3, 0.4) is 0 Å². The van der Waals surface area contributed by atoms with Crippen molar-refractivity contribution in [3.63, 3.8) is 0 Å². The van der Waals surface area contributed by atoms with Gasteiger partial charge in [0.15, 0.2) is 0 Å². The lowest BCUT2D eigenvalue weighted by atomic mass is 10.2. The number of carbonyl (C=O) groups excluding carboxylic acids is 1. The lowest BCUT2D eigenvalue weighted by Gasteiger charge is -2.27. The number of hydrogen-bond acceptors (Lipinski definition) is 4. The highest BCUT2D eigenvalue weighted by atomic mass is 32.2. The van der Waals surface area contributed by atoms with Crippen LogP contribution in [0.5, 0.6) is 0 Å². The number of ether oxygens (including phenoxy) is 1. The molecule has 0 atom stereocenters. The lowest BCUT2D eigenvalue weighted by Crippen LogP contribution is -2.41. The molecule has 0 unspecified atom stereocenters. The number of thioether (sulfide) groups is 1. The first-order chi connectivity index (χ1) is 10.2. The van der Waals surface area contributed by atoms with Crippen molar-refractivity contribution in [1.29, 1.82) is 0 Å². The monoisotopic (exact) mass is 308 g/mol. The maximum Gasteiger partial charge on any atom is 0.224 e. The molecule has 0 aliphatic carbocycles. The molecular formula is C16H24N2O2S. The first kappa shape index (κ1) is 16.3. The summed E-state index contributed by atoms with van der Waals surface area (Å²) in [4.78, 5) is 17.5. The quantitative estimate of drug-likeness (QED) is 0.754. The van der Waals surface area contributed by atoms with E-state index in [1.165, 1.54) is 10.5 Å². The number of hydrogen-bond donors (Lipinski definition) is 0. The van der Waals surface area contributed by atoms with Crippen LogP contribution in [0.25, 0.3) is 0 Å². The molecule has 1 aliphatic heterocycles. The van der Waals surface area contributed by atoms with Gasteiger partial charge < -0.3 is 14.5 Å². The van der Waals surface area contributed by atoms with E-state index >= 15 is 0 Å². The molecule has 1 aromatic rings. The Bertz CT molecular complexity index is 444. The molecule has 1 heterocycles. The summed E-state index contributed by atoms with van der Waals surface area (Å²) in [5.74, 6) is 0.239. The molecule has 116 valence electrons. The number of benzene rings is 1. The van der Waals surface area contributed by atoms with Gasteiger partial charge in [0.1, 0.15) is 0 Å².